The SMILES string of the molecule is COc1ccc(NS(=O)(=O)c2ccc(C)c(C(=O)N3CCCC3)c2)c(OC)c1. The summed E-state index contributed by atoms with van der Waals surface area (Å²) >= 11 is 0. The van der Waals surface area contributed by atoms with Crippen LogP contribution in [0.3, 0.4) is 0 Å². The molecule has 1 fully saturated rings. The summed E-state index contributed by atoms with van der Waals surface area (Å²) < 4.78 is 38.7. The Labute approximate surface area is 165 Å². The molecule has 1 aliphatic rings. The van der Waals surface area contributed by atoms with Gasteiger partial charge in [0.05, 0.1) is 24.8 Å². The fraction of sp³-hybridized carbons (Fsp3) is 0.350. The Morgan fingerprint density at radius 2 is 1.75 bits per heavy atom. The Morgan fingerprint density at radius 1 is 1.04 bits per heavy atom. The molecule has 0 saturated carbocycles. The van der Waals surface area contributed by atoms with Crippen molar-refractivity contribution in [1.82, 2.24) is 4.90 Å². The molecule has 0 atom stereocenters. The predicted octanol–water partition coefficient (Wildman–Crippen LogP) is 3.05. The fourth-order valence-electron chi connectivity index (χ4n) is 3.18. The zero-order valence-electron chi connectivity index (χ0n) is 16.2. The molecule has 28 heavy (non-hydrogen) atoms. The number of hydrogen-bond donors (Lipinski definition) is 1. The number of anilines is 1. The lowest BCUT2D eigenvalue weighted by Gasteiger charge is -2.18. The standard InChI is InChI=1S/C20H24N2O5S/c1-14-6-8-16(13-17(14)20(23)22-10-4-5-11-22)28(24,25)21-18-9-7-15(26-2)12-19(18)27-3/h6-9,12-13,21H,4-5,10-11H2,1-3H3. The molecule has 150 valence electrons. The highest BCUT2D eigenvalue weighted by atomic mass is 32.2. The normalized spacial score (nSPS) is 14.0. The Bertz CT molecular complexity index is 982. The first-order chi connectivity index (χ1) is 13.4. The van der Waals surface area contributed by atoms with E-state index in [-0.39, 0.29) is 16.5 Å². The molecule has 0 spiro atoms. The van der Waals surface area contributed by atoms with Gasteiger partial charge in [0.25, 0.3) is 15.9 Å². The fourth-order valence-corrected chi connectivity index (χ4v) is 4.27. The number of rotatable bonds is 6. The van der Waals surface area contributed by atoms with Gasteiger partial charge < -0.3 is 14.4 Å². The van der Waals surface area contributed by atoms with Crippen molar-refractivity contribution < 1.29 is 22.7 Å². The van der Waals surface area contributed by atoms with E-state index in [0.29, 0.717) is 30.2 Å². The number of benzene rings is 2. The van der Waals surface area contributed by atoms with Crippen LogP contribution in [0.2, 0.25) is 0 Å². The Balaban J connectivity index is 1.92. The van der Waals surface area contributed by atoms with Gasteiger partial charge in [-0.15, -0.1) is 0 Å². The van der Waals surface area contributed by atoms with Crippen LogP contribution in [-0.4, -0.2) is 46.5 Å². The molecule has 0 bridgehead atoms. The van der Waals surface area contributed by atoms with Crippen molar-refractivity contribution >= 4 is 21.6 Å². The smallest absolute Gasteiger partial charge is 0.262 e. The van der Waals surface area contributed by atoms with Crippen LogP contribution >= 0.6 is 0 Å². The average Bonchev–Trinajstić information content (AvgIpc) is 3.22. The van der Waals surface area contributed by atoms with E-state index in [1.165, 1.54) is 26.4 Å². The summed E-state index contributed by atoms with van der Waals surface area (Å²) in [6, 6.07) is 9.39. The van der Waals surface area contributed by atoms with E-state index in [9.17, 15) is 13.2 Å². The van der Waals surface area contributed by atoms with Crippen LogP contribution in [0.25, 0.3) is 0 Å². The zero-order valence-corrected chi connectivity index (χ0v) is 17.0. The summed E-state index contributed by atoms with van der Waals surface area (Å²) in [5, 5.41) is 0. The molecule has 0 aliphatic carbocycles. The topological polar surface area (TPSA) is 84.9 Å². The number of carbonyl (C=O) groups excluding carboxylic acids is 1. The van der Waals surface area contributed by atoms with Crippen molar-refractivity contribution in [1.29, 1.82) is 0 Å². The van der Waals surface area contributed by atoms with Crippen LogP contribution in [0, 0.1) is 6.92 Å². The minimum Gasteiger partial charge on any atom is -0.497 e. The molecule has 0 aromatic heterocycles. The van der Waals surface area contributed by atoms with E-state index in [4.69, 9.17) is 9.47 Å². The molecule has 2 aromatic carbocycles. The number of methoxy groups -OCH3 is 2. The maximum atomic E-state index is 12.9. The van der Waals surface area contributed by atoms with Gasteiger partial charge in [0, 0.05) is 24.7 Å². The summed E-state index contributed by atoms with van der Waals surface area (Å²) in [6.45, 7) is 3.22. The number of sulfonamides is 1. The van der Waals surface area contributed by atoms with Crippen LogP contribution in [0.5, 0.6) is 11.5 Å². The van der Waals surface area contributed by atoms with Gasteiger partial charge in [-0.2, -0.15) is 0 Å². The maximum Gasteiger partial charge on any atom is 0.262 e. The third-order valence-corrected chi connectivity index (χ3v) is 6.16. The molecule has 0 unspecified atom stereocenters. The molecule has 1 saturated heterocycles. The van der Waals surface area contributed by atoms with E-state index in [1.54, 1.807) is 36.1 Å². The number of amides is 1. The van der Waals surface area contributed by atoms with Crippen molar-refractivity contribution in [3.8, 4) is 11.5 Å². The van der Waals surface area contributed by atoms with Gasteiger partial charge in [-0.1, -0.05) is 6.07 Å². The lowest BCUT2D eigenvalue weighted by molar-refractivity contribution is 0.0792. The monoisotopic (exact) mass is 404 g/mol. The minimum absolute atomic E-state index is 0.0264. The van der Waals surface area contributed by atoms with Crippen molar-refractivity contribution in [2.45, 2.75) is 24.7 Å². The lowest BCUT2D eigenvalue weighted by Crippen LogP contribution is -2.28. The number of aryl methyl sites for hydroxylation is 1. The van der Waals surface area contributed by atoms with Gasteiger partial charge in [0.1, 0.15) is 11.5 Å². The van der Waals surface area contributed by atoms with Crippen molar-refractivity contribution in [3.63, 3.8) is 0 Å². The second-order valence-electron chi connectivity index (χ2n) is 6.65. The number of carbonyl (C=O) groups is 1. The maximum absolute atomic E-state index is 12.9. The second kappa shape index (κ2) is 8.10. The zero-order chi connectivity index (χ0) is 20.3. The minimum atomic E-state index is -3.90. The van der Waals surface area contributed by atoms with Gasteiger partial charge in [-0.05, 0) is 49.6 Å². The van der Waals surface area contributed by atoms with Crippen LogP contribution in [0.1, 0.15) is 28.8 Å². The van der Waals surface area contributed by atoms with Crippen LogP contribution < -0.4 is 14.2 Å². The van der Waals surface area contributed by atoms with E-state index in [0.717, 1.165) is 18.4 Å². The van der Waals surface area contributed by atoms with Gasteiger partial charge in [0.15, 0.2) is 0 Å². The molecule has 0 radical (unpaired) electrons. The van der Waals surface area contributed by atoms with Gasteiger partial charge in [0.2, 0.25) is 0 Å². The van der Waals surface area contributed by atoms with E-state index < -0.39 is 10.0 Å². The summed E-state index contributed by atoms with van der Waals surface area (Å²) in [5.74, 6) is 0.756. The summed E-state index contributed by atoms with van der Waals surface area (Å²) in [4.78, 5) is 14.5. The third-order valence-electron chi connectivity index (χ3n) is 4.80. The van der Waals surface area contributed by atoms with Gasteiger partial charge in [-0.3, -0.25) is 9.52 Å². The highest BCUT2D eigenvalue weighted by Crippen LogP contribution is 2.31. The second-order valence-corrected chi connectivity index (χ2v) is 8.33. The molecule has 2 aromatic rings. The average molecular weight is 404 g/mol. The molecular formula is C20H24N2O5S. The van der Waals surface area contributed by atoms with Crippen LogP contribution in [0.4, 0.5) is 5.69 Å². The van der Waals surface area contributed by atoms with Crippen molar-refractivity contribution in [2.24, 2.45) is 0 Å². The number of nitrogens with zero attached hydrogens (tertiary/aromatic N) is 1. The molecule has 1 aliphatic heterocycles. The first-order valence-corrected chi connectivity index (χ1v) is 10.5. The molecule has 1 heterocycles. The Hall–Kier alpha value is -2.74. The van der Waals surface area contributed by atoms with Crippen molar-refractivity contribution in [3.05, 3.63) is 47.5 Å². The Morgan fingerprint density at radius 3 is 2.39 bits per heavy atom. The molecule has 8 heteroatoms. The molecular weight excluding hydrogens is 380 g/mol. The summed E-state index contributed by atoms with van der Waals surface area (Å²) in [5.41, 5.74) is 1.45. The molecule has 1 amide bonds. The van der Waals surface area contributed by atoms with Gasteiger partial charge in [-0.25, -0.2) is 8.42 Å². The van der Waals surface area contributed by atoms with Gasteiger partial charge >= 0.3 is 0 Å². The third kappa shape index (κ3) is 4.06. The first kappa shape index (κ1) is 20.0. The highest BCUT2D eigenvalue weighted by Gasteiger charge is 2.24. The van der Waals surface area contributed by atoms with Crippen LogP contribution in [0.15, 0.2) is 41.3 Å². The first-order valence-electron chi connectivity index (χ1n) is 9.00. The quantitative estimate of drug-likeness (QED) is 0.800. The van der Waals surface area contributed by atoms with Crippen molar-refractivity contribution in [2.75, 3.05) is 32.0 Å². The predicted molar refractivity (Wildman–Crippen MR) is 107 cm³/mol. The van der Waals surface area contributed by atoms with E-state index in [1.807, 2.05) is 0 Å². The number of nitrogens with one attached hydrogen (secondary N) is 1. The molecule has 3 rings (SSSR count). The number of hydrogen-bond acceptors (Lipinski definition) is 5. The lowest BCUT2D eigenvalue weighted by atomic mass is 10.1. The number of ether oxygens (including phenoxy) is 2. The van der Waals surface area contributed by atoms with E-state index in [2.05, 4.69) is 4.72 Å². The number of likely N-dealkylation sites (tertiary alicyclic amines) is 1. The summed E-state index contributed by atoms with van der Waals surface area (Å²) in [7, 11) is -0.936. The molecule has 1 N–H and O–H groups in total. The summed E-state index contributed by atoms with van der Waals surface area (Å²) in [6.07, 6.45) is 1.95. The Kier molecular flexibility index (Phi) is 5.79. The highest BCUT2D eigenvalue weighted by molar-refractivity contribution is 7.92. The molecule has 7 nitrogen and oxygen atoms in total. The van der Waals surface area contributed by atoms with E-state index >= 15 is 0 Å². The largest absolute Gasteiger partial charge is 0.497 e. The van der Waals surface area contributed by atoms with Crippen LogP contribution in [-0.2, 0) is 10.0 Å².